The van der Waals surface area contributed by atoms with Crippen LogP contribution in [-0.4, -0.2) is 20.1 Å². The van der Waals surface area contributed by atoms with E-state index in [0.29, 0.717) is 21.7 Å². The molecule has 0 aliphatic carbocycles. The van der Waals surface area contributed by atoms with E-state index in [-0.39, 0.29) is 5.91 Å². The Morgan fingerprint density at radius 3 is 2.65 bits per heavy atom. The van der Waals surface area contributed by atoms with Gasteiger partial charge in [0.2, 0.25) is 5.91 Å². The molecule has 0 aromatic heterocycles. The van der Waals surface area contributed by atoms with Gasteiger partial charge in [-0.1, -0.05) is 6.07 Å². The van der Waals surface area contributed by atoms with Crippen molar-refractivity contribution in [1.29, 1.82) is 0 Å². The highest BCUT2D eigenvalue weighted by atomic mass is 79.9. The summed E-state index contributed by atoms with van der Waals surface area (Å²) in [7, 11) is 3.08. The minimum atomic E-state index is -0.407. The third-order valence-corrected chi connectivity index (χ3v) is 3.56. The number of hydrogen-bond donors (Lipinski definition) is 1. The zero-order valence-corrected chi connectivity index (χ0v) is 14.2. The Kier molecular flexibility index (Phi) is 5.76. The minimum Gasteiger partial charge on any atom is -0.493 e. The lowest BCUT2D eigenvalue weighted by atomic mass is 10.2. The van der Waals surface area contributed by atoms with Gasteiger partial charge in [-0.25, -0.2) is 4.39 Å². The highest BCUT2D eigenvalue weighted by molar-refractivity contribution is 9.10. The van der Waals surface area contributed by atoms with Crippen LogP contribution in [-0.2, 0) is 4.79 Å². The van der Waals surface area contributed by atoms with Gasteiger partial charge >= 0.3 is 0 Å². The lowest BCUT2D eigenvalue weighted by molar-refractivity contribution is -0.111. The van der Waals surface area contributed by atoms with Crippen molar-refractivity contribution in [3.8, 4) is 11.5 Å². The number of rotatable bonds is 5. The molecule has 0 radical (unpaired) electrons. The van der Waals surface area contributed by atoms with Crippen LogP contribution < -0.4 is 14.8 Å². The van der Waals surface area contributed by atoms with E-state index in [4.69, 9.17) is 9.47 Å². The Labute approximate surface area is 142 Å². The summed E-state index contributed by atoms with van der Waals surface area (Å²) in [5.41, 5.74) is 1.15. The van der Waals surface area contributed by atoms with Gasteiger partial charge in [-0.05, 0) is 57.9 Å². The molecule has 0 spiro atoms. The molecule has 0 heterocycles. The van der Waals surface area contributed by atoms with Crippen molar-refractivity contribution in [2.45, 2.75) is 0 Å². The molecule has 0 bridgehead atoms. The number of ether oxygens (including phenoxy) is 2. The number of hydrogen-bond acceptors (Lipinski definition) is 3. The number of benzene rings is 2. The first-order chi connectivity index (χ1) is 11.0. The molecule has 1 amide bonds. The maximum absolute atomic E-state index is 13.1. The zero-order chi connectivity index (χ0) is 16.8. The Bertz CT molecular complexity index is 747. The Balaban J connectivity index is 2.13. The topological polar surface area (TPSA) is 47.6 Å². The second-order valence-electron chi connectivity index (χ2n) is 4.57. The highest BCUT2D eigenvalue weighted by Crippen LogP contribution is 2.36. The number of amides is 1. The SMILES string of the molecule is COc1cc(/C=C/C(=O)Nc2cccc(F)c2)cc(Br)c1OC. The number of halogens is 2. The van der Waals surface area contributed by atoms with E-state index in [2.05, 4.69) is 21.2 Å². The van der Waals surface area contributed by atoms with Gasteiger partial charge in [0.15, 0.2) is 11.5 Å². The monoisotopic (exact) mass is 379 g/mol. The Morgan fingerprint density at radius 2 is 2.00 bits per heavy atom. The number of carbonyl (C=O) groups excluding carboxylic acids is 1. The third-order valence-electron chi connectivity index (χ3n) is 2.98. The van der Waals surface area contributed by atoms with E-state index in [1.807, 2.05) is 0 Å². The maximum atomic E-state index is 13.1. The van der Waals surface area contributed by atoms with Gasteiger partial charge in [0.05, 0.1) is 18.7 Å². The summed E-state index contributed by atoms with van der Waals surface area (Å²) in [5.74, 6) is 0.359. The highest BCUT2D eigenvalue weighted by Gasteiger charge is 2.09. The summed E-state index contributed by atoms with van der Waals surface area (Å²) < 4.78 is 24.2. The molecule has 4 nitrogen and oxygen atoms in total. The summed E-state index contributed by atoms with van der Waals surface area (Å²) in [5, 5.41) is 2.59. The first kappa shape index (κ1) is 17.0. The molecule has 0 fully saturated rings. The number of anilines is 1. The summed E-state index contributed by atoms with van der Waals surface area (Å²) in [4.78, 5) is 11.9. The van der Waals surface area contributed by atoms with Gasteiger partial charge in [-0.2, -0.15) is 0 Å². The molecule has 2 aromatic rings. The molecule has 23 heavy (non-hydrogen) atoms. The van der Waals surface area contributed by atoms with E-state index < -0.39 is 5.82 Å². The van der Waals surface area contributed by atoms with Crippen LogP contribution in [0.5, 0.6) is 11.5 Å². The summed E-state index contributed by atoms with van der Waals surface area (Å²) in [6, 6.07) is 9.25. The van der Waals surface area contributed by atoms with E-state index in [1.54, 1.807) is 31.4 Å². The largest absolute Gasteiger partial charge is 0.493 e. The fourth-order valence-electron chi connectivity index (χ4n) is 1.96. The van der Waals surface area contributed by atoms with E-state index in [1.165, 1.54) is 31.4 Å². The molecule has 0 saturated heterocycles. The van der Waals surface area contributed by atoms with Crippen molar-refractivity contribution in [3.05, 3.63) is 58.3 Å². The van der Waals surface area contributed by atoms with Crippen LogP contribution in [0.2, 0.25) is 0 Å². The quantitative estimate of drug-likeness (QED) is 0.789. The van der Waals surface area contributed by atoms with Gasteiger partial charge in [0.25, 0.3) is 0 Å². The minimum absolute atomic E-state index is 0.360. The first-order valence-corrected chi connectivity index (χ1v) is 7.49. The van der Waals surface area contributed by atoms with Gasteiger partial charge in [-0.3, -0.25) is 4.79 Å². The molecule has 0 atom stereocenters. The predicted octanol–water partition coefficient (Wildman–Crippen LogP) is 4.26. The normalized spacial score (nSPS) is 10.6. The third kappa shape index (κ3) is 4.56. The average Bonchev–Trinajstić information content (AvgIpc) is 2.52. The van der Waals surface area contributed by atoms with Crippen molar-refractivity contribution >= 4 is 33.6 Å². The average molecular weight is 380 g/mol. The fraction of sp³-hybridized carbons (Fsp3) is 0.118. The van der Waals surface area contributed by atoms with Gasteiger partial charge < -0.3 is 14.8 Å². The predicted molar refractivity (Wildman–Crippen MR) is 91.3 cm³/mol. The van der Waals surface area contributed by atoms with Crippen molar-refractivity contribution < 1.29 is 18.7 Å². The molecule has 0 aliphatic rings. The molecule has 0 unspecified atom stereocenters. The van der Waals surface area contributed by atoms with Crippen molar-refractivity contribution in [2.24, 2.45) is 0 Å². The first-order valence-electron chi connectivity index (χ1n) is 6.69. The summed E-state index contributed by atoms with van der Waals surface area (Å²) in [6.45, 7) is 0. The summed E-state index contributed by atoms with van der Waals surface area (Å²) in [6.07, 6.45) is 2.99. The second-order valence-corrected chi connectivity index (χ2v) is 5.43. The zero-order valence-electron chi connectivity index (χ0n) is 12.6. The number of methoxy groups -OCH3 is 2. The van der Waals surface area contributed by atoms with Crippen molar-refractivity contribution in [2.75, 3.05) is 19.5 Å². The summed E-state index contributed by atoms with van der Waals surface area (Å²) >= 11 is 3.39. The van der Waals surface area contributed by atoms with Crippen LogP contribution in [0.4, 0.5) is 10.1 Å². The lowest BCUT2D eigenvalue weighted by Crippen LogP contribution is -2.07. The van der Waals surface area contributed by atoms with Crippen LogP contribution in [0.25, 0.3) is 6.08 Å². The molecular weight excluding hydrogens is 365 g/mol. The van der Waals surface area contributed by atoms with Crippen LogP contribution in [0.15, 0.2) is 46.9 Å². The molecule has 6 heteroatoms. The molecule has 2 rings (SSSR count). The smallest absolute Gasteiger partial charge is 0.248 e. The van der Waals surface area contributed by atoms with Crippen LogP contribution in [0.1, 0.15) is 5.56 Å². The van der Waals surface area contributed by atoms with E-state index in [0.717, 1.165) is 5.56 Å². The van der Waals surface area contributed by atoms with E-state index >= 15 is 0 Å². The van der Waals surface area contributed by atoms with Crippen molar-refractivity contribution in [3.63, 3.8) is 0 Å². The van der Waals surface area contributed by atoms with E-state index in [9.17, 15) is 9.18 Å². The second kappa shape index (κ2) is 7.78. The molecule has 1 N–H and O–H groups in total. The number of carbonyl (C=O) groups is 1. The molecule has 0 aliphatic heterocycles. The van der Waals surface area contributed by atoms with Crippen LogP contribution >= 0.6 is 15.9 Å². The van der Waals surface area contributed by atoms with Gasteiger partial charge in [0, 0.05) is 11.8 Å². The Morgan fingerprint density at radius 1 is 1.22 bits per heavy atom. The van der Waals surface area contributed by atoms with Gasteiger partial charge in [0.1, 0.15) is 5.82 Å². The molecular formula is C17H15BrFNO3. The number of nitrogens with one attached hydrogen (secondary N) is 1. The fourth-order valence-corrected chi connectivity index (χ4v) is 2.58. The molecule has 120 valence electrons. The Hall–Kier alpha value is -2.34. The molecule has 0 saturated carbocycles. The van der Waals surface area contributed by atoms with Crippen LogP contribution in [0.3, 0.4) is 0 Å². The maximum Gasteiger partial charge on any atom is 0.248 e. The molecule has 2 aromatic carbocycles. The standard InChI is InChI=1S/C17H15BrFNO3/c1-22-15-9-11(8-14(18)17(15)23-2)6-7-16(21)20-13-5-3-4-12(19)10-13/h3-10H,1-2H3,(H,20,21)/b7-6+. The lowest BCUT2D eigenvalue weighted by Gasteiger charge is -2.10. The van der Waals surface area contributed by atoms with Crippen molar-refractivity contribution in [1.82, 2.24) is 0 Å². The van der Waals surface area contributed by atoms with Gasteiger partial charge in [-0.15, -0.1) is 0 Å². The van der Waals surface area contributed by atoms with Crippen LogP contribution in [0, 0.1) is 5.82 Å².